The Morgan fingerprint density at radius 2 is 1.90 bits per heavy atom. The van der Waals surface area contributed by atoms with Gasteiger partial charge in [0.1, 0.15) is 0 Å². The summed E-state index contributed by atoms with van der Waals surface area (Å²) in [7, 11) is 0. The summed E-state index contributed by atoms with van der Waals surface area (Å²) >= 11 is 5.96. The van der Waals surface area contributed by atoms with Crippen LogP contribution in [0, 0.1) is 21.7 Å². The highest BCUT2D eigenvalue weighted by atomic mass is 35.5. The summed E-state index contributed by atoms with van der Waals surface area (Å²) < 4.78 is 26.1. The predicted molar refractivity (Wildman–Crippen MR) is 76.5 cm³/mol. The van der Waals surface area contributed by atoms with E-state index in [4.69, 9.17) is 11.6 Å². The molecule has 0 aliphatic rings. The highest BCUT2D eigenvalue weighted by Gasteiger charge is 2.13. The third kappa shape index (κ3) is 3.46. The van der Waals surface area contributed by atoms with Crippen LogP contribution in [0.5, 0.6) is 0 Å². The molecule has 1 N–H and O–H groups in total. The summed E-state index contributed by atoms with van der Waals surface area (Å²) in [5, 5.41) is 13.8. The topological polar surface area (TPSA) is 55.2 Å². The molecule has 0 aliphatic carbocycles. The van der Waals surface area contributed by atoms with Crippen LogP contribution < -0.4 is 5.32 Å². The average molecular weight is 313 g/mol. The number of rotatable bonds is 4. The lowest BCUT2D eigenvalue weighted by molar-refractivity contribution is -0.384. The van der Waals surface area contributed by atoms with Crippen LogP contribution in [0.1, 0.15) is 18.5 Å². The van der Waals surface area contributed by atoms with Crippen molar-refractivity contribution in [3.63, 3.8) is 0 Å². The number of nitrogens with one attached hydrogen (secondary N) is 1. The van der Waals surface area contributed by atoms with Gasteiger partial charge >= 0.3 is 0 Å². The van der Waals surface area contributed by atoms with Crippen LogP contribution in [0.25, 0.3) is 0 Å². The summed E-state index contributed by atoms with van der Waals surface area (Å²) in [4.78, 5) is 10.1. The van der Waals surface area contributed by atoms with Gasteiger partial charge in [-0.25, -0.2) is 8.78 Å². The van der Waals surface area contributed by atoms with Gasteiger partial charge < -0.3 is 5.32 Å². The molecule has 0 saturated carbocycles. The molecule has 0 fully saturated rings. The van der Waals surface area contributed by atoms with Crippen molar-refractivity contribution in [2.45, 2.75) is 13.0 Å². The molecular weight excluding hydrogens is 302 g/mol. The number of nitro benzene ring substituents is 1. The summed E-state index contributed by atoms with van der Waals surface area (Å²) in [6.45, 7) is 1.74. The van der Waals surface area contributed by atoms with E-state index in [1.54, 1.807) is 6.92 Å². The van der Waals surface area contributed by atoms with Crippen molar-refractivity contribution >= 4 is 23.0 Å². The lowest BCUT2D eigenvalue weighted by Gasteiger charge is -2.16. The summed E-state index contributed by atoms with van der Waals surface area (Å²) in [5.74, 6) is -1.85. The van der Waals surface area contributed by atoms with E-state index in [9.17, 15) is 18.9 Å². The minimum atomic E-state index is -0.934. The van der Waals surface area contributed by atoms with Crippen LogP contribution in [0.4, 0.5) is 20.2 Å². The summed E-state index contributed by atoms with van der Waals surface area (Å²) in [5.41, 5.74) is 0.883. The maximum absolute atomic E-state index is 13.2. The van der Waals surface area contributed by atoms with Crippen LogP contribution in [0.3, 0.4) is 0 Å². The molecule has 0 bridgehead atoms. The first-order chi connectivity index (χ1) is 9.88. The van der Waals surface area contributed by atoms with Crippen molar-refractivity contribution < 1.29 is 13.7 Å². The second kappa shape index (κ2) is 6.05. The largest absolute Gasteiger partial charge is 0.377 e. The maximum Gasteiger partial charge on any atom is 0.271 e. The zero-order valence-electron chi connectivity index (χ0n) is 10.9. The SMILES string of the molecule is CC(Nc1ccc([N+](=O)[O-])cc1Cl)c1ccc(F)c(F)c1. The minimum Gasteiger partial charge on any atom is -0.377 e. The second-order valence-corrected chi connectivity index (χ2v) is 4.87. The molecule has 0 heterocycles. The monoisotopic (exact) mass is 312 g/mol. The fraction of sp³-hybridized carbons (Fsp3) is 0.143. The number of anilines is 1. The quantitative estimate of drug-likeness (QED) is 0.657. The van der Waals surface area contributed by atoms with E-state index < -0.39 is 16.6 Å². The molecule has 21 heavy (non-hydrogen) atoms. The average Bonchev–Trinajstić information content (AvgIpc) is 2.43. The molecule has 1 unspecified atom stereocenters. The van der Waals surface area contributed by atoms with Crippen LogP contribution in [0.15, 0.2) is 36.4 Å². The molecule has 110 valence electrons. The van der Waals surface area contributed by atoms with Gasteiger partial charge in [0.05, 0.1) is 15.6 Å². The number of benzene rings is 2. The van der Waals surface area contributed by atoms with Crippen LogP contribution in [-0.4, -0.2) is 4.92 Å². The smallest absolute Gasteiger partial charge is 0.271 e. The van der Waals surface area contributed by atoms with Gasteiger partial charge in [-0.05, 0) is 30.7 Å². The van der Waals surface area contributed by atoms with Crippen molar-refractivity contribution in [2.24, 2.45) is 0 Å². The van der Waals surface area contributed by atoms with Crippen molar-refractivity contribution in [1.29, 1.82) is 0 Å². The van der Waals surface area contributed by atoms with Crippen LogP contribution in [-0.2, 0) is 0 Å². The number of nitro groups is 1. The Morgan fingerprint density at radius 3 is 2.48 bits per heavy atom. The molecule has 0 aliphatic heterocycles. The minimum absolute atomic E-state index is 0.119. The normalized spacial score (nSPS) is 12.0. The van der Waals surface area contributed by atoms with Gasteiger partial charge in [-0.3, -0.25) is 10.1 Å². The van der Waals surface area contributed by atoms with E-state index in [0.717, 1.165) is 12.1 Å². The van der Waals surface area contributed by atoms with E-state index in [1.165, 1.54) is 24.3 Å². The molecule has 7 heteroatoms. The first-order valence-electron chi connectivity index (χ1n) is 6.04. The van der Waals surface area contributed by atoms with Crippen molar-refractivity contribution in [3.8, 4) is 0 Å². The number of non-ortho nitro benzene ring substituents is 1. The third-order valence-electron chi connectivity index (χ3n) is 2.98. The van der Waals surface area contributed by atoms with Crippen LogP contribution >= 0.6 is 11.6 Å². The van der Waals surface area contributed by atoms with Crippen molar-refractivity contribution in [1.82, 2.24) is 0 Å². The second-order valence-electron chi connectivity index (χ2n) is 4.46. The van der Waals surface area contributed by atoms with Crippen LogP contribution in [0.2, 0.25) is 5.02 Å². The van der Waals surface area contributed by atoms with E-state index in [2.05, 4.69) is 5.32 Å². The molecule has 0 aromatic heterocycles. The van der Waals surface area contributed by atoms with Gasteiger partial charge in [0.2, 0.25) is 0 Å². The van der Waals surface area contributed by atoms with Gasteiger partial charge in [0, 0.05) is 18.2 Å². The molecule has 4 nitrogen and oxygen atoms in total. The Hall–Kier alpha value is -2.21. The highest BCUT2D eigenvalue weighted by molar-refractivity contribution is 6.33. The van der Waals surface area contributed by atoms with Crippen molar-refractivity contribution in [3.05, 3.63) is 68.7 Å². The Bertz CT molecular complexity index is 695. The summed E-state index contributed by atoms with van der Waals surface area (Å²) in [6.07, 6.45) is 0. The molecule has 0 amide bonds. The molecule has 0 spiro atoms. The number of halogens is 3. The Labute approximate surface area is 124 Å². The lowest BCUT2D eigenvalue weighted by atomic mass is 10.1. The standard InChI is InChI=1S/C14H11ClF2N2O2/c1-8(9-2-4-12(16)13(17)6-9)18-14-5-3-10(19(20)21)7-11(14)15/h2-8,18H,1H3. The van der Waals surface area contributed by atoms with E-state index in [1.807, 2.05) is 0 Å². The van der Waals surface area contributed by atoms with Gasteiger partial charge in [0.15, 0.2) is 11.6 Å². The predicted octanol–water partition coefficient (Wildman–Crippen LogP) is 4.70. The third-order valence-corrected chi connectivity index (χ3v) is 3.29. The molecule has 2 aromatic carbocycles. The van der Waals surface area contributed by atoms with Crippen molar-refractivity contribution in [2.75, 3.05) is 5.32 Å². The molecule has 2 aromatic rings. The van der Waals surface area contributed by atoms with E-state index >= 15 is 0 Å². The first-order valence-corrected chi connectivity index (χ1v) is 6.41. The zero-order valence-corrected chi connectivity index (χ0v) is 11.7. The van der Waals surface area contributed by atoms with Gasteiger partial charge in [-0.1, -0.05) is 17.7 Å². The van der Waals surface area contributed by atoms with Gasteiger partial charge in [-0.15, -0.1) is 0 Å². The highest BCUT2D eigenvalue weighted by Crippen LogP contribution is 2.30. The molecule has 0 saturated heterocycles. The summed E-state index contributed by atoms with van der Waals surface area (Å²) in [6, 6.07) is 7.24. The van der Waals surface area contributed by atoms with E-state index in [0.29, 0.717) is 11.3 Å². The Morgan fingerprint density at radius 1 is 1.19 bits per heavy atom. The first kappa shape index (κ1) is 15.2. The lowest BCUT2D eigenvalue weighted by Crippen LogP contribution is -2.08. The van der Waals surface area contributed by atoms with Gasteiger partial charge in [0.25, 0.3) is 5.69 Å². The Balaban J connectivity index is 2.21. The molecule has 1 atom stereocenters. The van der Waals surface area contributed by atoms with E-state index in [-0.39, 0.29) is 16.8 Å². The maximum atomic E-state index is 13.2. The molecular formula is C14H11ClF2N2O2. The van der Waals surface area contributed by atoms with Gasteiger partial charge in [-0.2, -0.15) is 0 Å². The molecule has 2 rings (SSSR count). The molecule has 0 radical (unpaired) electrons. The Kier molecular flexibility index (Phi) is 4.37. The fourth-order valence-electron chi connectivity index (χ4n) is 1.83. The zero-order chi connectivity index (χ0) is 15.6. The fourth-order valence-corrected chi connectivity index (χ4v) is 2.06. The number of hydrogen-bond donors (Lipinski definition) is 1. The number of nitrogens with zero attached hydrogens (tertiary/aromatic N) is 1. The number of hydrogen-bond acceptors (Lipinski definition) is 3.